The van der Waals surface area contributed by atoms with E-state index >= 15 is 0 Å². The highest BCUT2D eigenvalue weighted by molar-refractivity contribution is 6.30. The SMILES string of the molecule is Clc1ccc(Oc2ccccc2C2=CCNCC2)cc1. The third-order valence-electron chi connectivity index (χ3n) is 3.34. The van der Waals surface area contributed by atoms with Crippen molar-refractivity contribution in [3.8, 4) is 11.5 Å². The van der Waals surface area contributed by atoms with Crippen molar-refractivity contribution in [2.75, 3.05) is 13.1 Å². The van der Waals surface area contributed by atoms with Crippen LogP contribution in [0.15, 0.2) is 54.6 Å². The smallest absolute Gasteiger partial charge is 0.134 e. The first-order chi connectivity index (χ1) is 9.83. The molecule has 2 nitrogen and oxygen atoms in total. The molecule has 20 heavy (non-hydrogen) atoms. The molecular formula is C17H16ClNO. The van der Waals surface area contributed by atoms with Gasteiger partial charge in [-0.1, -0.05) is 35.9 Å². The van der Waals surface area contributed by atoms with Crippen molar-refractivity contribution in [2.45, 2.75) is 6.42 Å². The van der Waals surface area contributed by atoms with Crippen molar-refractivity contribution in [3.63, 3.8) is 0 Å². The summed E-state index contributed by atoms with van der Waals surface area (Å²) in [5.41, 5.74) is 2.51. The van der Waals surface area contributed by atoms with E-state index in [9.17, 15) is 0 Å². The van der Waals surface area contributed by atoms with Crippen molar-refractivity contribution in [2.24, 2.45) is 0 Å². The second-order valence-electron chi connectivity index (χ2n) is 4.74. The van der Waals surface area contributed by atoms with Gasteiger partial charge in [0.15, 0.2) is 0 Å². The van der Waals surface area contributed by atoms with Gasteiger partial charge >= 0.3 is 0 Å². The van der Waals surface area contributed by atoms with Crippen molar-refractivity contribution in [3.05, 3.63) is 65.2 Å². The van der Waals surface area contributed by atoms with Gasteiger partial charge in [-0.25, -0.2) is 0 Å². The van der Waals surface area contributed by atoms with Crippen LogP contribution < -0.4 is 10.1 Å². The number of nitrogens with one attached hydrogen (secondary N) is 1. The molecular weight excluding hydrogens is 270 g/mol. The van der Waals surface area contributed by atoms with E-state index in [-0.39, 0.29) is 0 Å². The van der Waals surface area contributed by atoms with E-state index in [0.29, 0.717) is 5.02 Å². The number of rotatable bonds is 3. The predicted molar refractivity (Wildman–Crippen MR) is 83.4 cm³/mol. The van der Waals surface area contributed by atoms with Crippen LogP contribution in [0.5, 0.6) is 11.5 Å². The van der Waals surface area contributed by atoms with E-state index < -0.39 is 0 Å². The van der Waals surface area contributed by atoms with Gasteiger partial charge in [-0.2, -0.15) is 0 Å². The lowest BCUT2D eigenvalue weighted by Crippen LogP contribution is -2.20. The highest BCUT2D eigenvalue weighted by Crippen LogP contribution is 2.32. The summed E-state index contributed by atoms with van der Waals surface area (Å²) in [6, 6.07) is 15.6. The molecule has 0 saturated carbocycles. The summed E-state index contributed by atoms with van der Waals surface area (Å²) in [4.78, 5) is 0. The Morgan fingerprint density at radius 3 is 2.55 bits per heavy atom. The molecule has 2 aromatic carbocycles. The van der Waals surface area contributed by atoms with Gasteiger partial charge in [0, 0.05) is 17.1 Å². The van der Waals surface area contributed by atoms with E-state index in [1.54, 1.807) is 0 Å². The lowest BCUT2D eigenvalue weighted by atomic mass is 9.99. The number of hydrogen-bond donors (Lipinski definition) is 1. The molecule has 102 valence electrons. The number of hydrogen-bond acceptors (Lipinski definition) is 2. The maximum atomic E-state index is 6.00. The Labute approximate surface area is 124 Å². The van der Waals surface area contributed by atoms with Crippen LogP contribution in [0.4, 0.5) is 0 Å². The molecule has 3 heteroatoms. The summed E-state index contributed by atoms with van der Waals surface area (Å²) in [6.07, 6.45) is 3.26. The second kappa shape index (κ2) is 6.12. The van der Waals surface area contributed by atoms with Crippen molar-refractivity contribution in [1.82, 2.24) is 5.32 Å². The highest BCUT2D eigenvalue weighted by Gasteiger charge is 2.11. The monoisotopic (exact) mass is 285 g/mol. The van der Waals surface area contributed by atoms with E-state index in [4.69, 9.17) is 16.3 Å². The van der Waals surface area contributed by atoms with Crippen molar-refractivity contribution >= 4 is 17.2 Å². The Bertz CT molecular complexity index is 619. The van der Waals surface area contributed by atoms with E-state index in [1.165, 1.54) is 11.1 Å². The van der Waals surface area contributed by atoms with Gasteiger partial charge in [-0.05, 0) is 48.9 Å². The number of halogens is 1. The minimum absolute atomic E-state index is 0.715. The molecule has 1 N–H and O–H groups in total. The summed E-state index contributed by atoms with van der Waals surface area (Å²) in [5.74, 6) is 1.69. The van der Waals surface area contributed by atoms with Crippen molar-refractivity contribution in [1.29, 1.82) is 0 Å². The first-order valence-electron chi connectivity index (χ1n) is 6.75. The quantitative estimate of drug-likeness (QED) is 0.896. The first-order valence-corrected chi connectivity index (χ1v) is 7.13. The third kappa shape index (κ3) is 3.03. The summed E-state index contributed by atoms with van der Waals surface area (Å²) in [7, 11) is 0. The zero-order chi connectivity index (χ0) is 13.8. The molecule has 2 aromatic rings. The largest absolute Gasteiger partial charge is 0.457 e. The fourth-order valence-corrected chi connectivity index (χ4v) is 2.44. The minimum atomic E-state index is 0.715. The Morgan fingerprint density at radius 1 is 1.00 bits per heavy atom. The molecule has 0 amide bonds. The van der Waals surface area contributed by atoms with Crippen LogP contribution in [0, 0.1) is 0 Å². The Balaban J connectivity index is 1.89. The van der Waals surface area contributed by atoms with Crippen LogP contribution in [-0.2, 0) is 0 Å². The first kappa shape index (κ1) is 13.2. The van der Waals surface area contributed by atoms with Crippen LogP contribution in [0.1, 0.15) is 12.0 Å². The van der Waals surface area contributed by atoms with Gasteiger partial charge in [-0.3, -0.25) is 0 Å². The summed E-state index contributed by atoms with van der Waals surface area (Å²) < 4.78 is 6.00. The van der Waals surface area contributed by atoms with Gasteiger partial charge < -0.3 is 10.1 Å². The Morgan fingerprint density at radius 2 is 1.80 bits per heavy atom. The molecule has 1 aliphatic rings. The molecule has 0 radical (unpaired) electrons. The second-order valence-corrected chi connectivity index (χ2v) is 5.17. The number of benzene rings is 2. The highest BCUT2D eigenvalue weighted by atomic mass is 35.5. The molecule has 1 heterocycles. The standard InChI is InChI=1S/C17H16ClNO/c18-14-5-7-15(8-6-14)20-17-4-2-1-3-16(17)13-9-11-19-12-10-13/h1-9,19H,10-12H2. The maximum absolute atomic E-state index is 6.00. The van der Waals surface area contributed by atoms with Gasteiger partial charge in [0.2, 0.25) is 0 Å². The maximum Gasteiger partial charge on any atom is 0.134 e. The lowest BCUT2D eigenvalue weighted by molar-refractivity contribution is 0.480. The molecule has 0 aromatic heterocycles. The molecule has 3 rings (SSSR count). The van der Waals surface area contributed by atoms with Crippen LogP contribution in [0.25, 0.3) is 5.57 Å². The molecule has 0 saturated heterocycles. The number of ether oxygens (including phenoxy) is 1. The fourth-order valence-electron chi connectivity index (χ4n) is 2.32. The van der Waals surface area contributed by atoms with E-state index in [1.807, 2.05) is 42.5 Å². The van der Waals surface area contributed by atoms with Gasteiger partial charge in [-0.15, -0.1) is 0 Å². The van der Waals surface area contributed by atoms with E-state index in [2.05, 4.69) is 17.5 Å². The van der Waals surface area contributed by atoms with Crippen LogP contribution in [0.2, 0.25) is 5.02 Å². The summed E-state index contributed by atoms with van der Waals surface area (Å²) in [5, 5.41) is 4.04. The lowest BCUT2D eigenvalue weighted by Gasteiger charge is -2.17. The van der Waals surface area contributed by atoms with Crippen molar-refractivity contribution < 1.29 is 4.74 Å². The van der Waals surface area contributed by atoms with Gasteiger partial charge in [0.25, 0.3) is 0 Å². The van der Waals surface area contributed by atoms with Gasteiger partial charge in [0.05, 0.1) is 0 Å². The number of para-hydroxylation sites is 1. The molecule has 0 bridgehead atoms. The van der Waals surface area contributed by atoms with Gasteiger partial charge in [0.1, 0.15) is 11.5 Å². The van der Waals surface area contributed by atoms with Crippen LogP contribution in [-0.4, -0.2) is 13.1 Å². The molecule has 1 aliphatic heterocycles. The fraction of sp³-hybridized carbons (Fsp3) is 0.176. The summed E-state index contributed by atoms with van der Waals surface area (Å²) in [6.45, 7) is 1.94. The van der Waals surface area contributed by atoms with Crippen LogP contribution in [0.3, 0.4) is 0 Å². The molecule has 0 aliphatic carbocycles. The Kier molecular flexibility index (Phi) is 4.05. The van der Waals surface area contributed by atoms with E-state index in [0.717, 1.165) is 31.0 Å². The normalized spacial score (nSPS) is 14.8. The molecule has 0 atom stereocenters. The molecule has 0 unspecified atom stereocenters. The zero-order valence-electron chi connectivity index (χ0n) is 11.1. The zero-order valence-corrected chi connectivity index (χ0v) is 11.9. The summed E-state index contributed by atoms with van der Waals surface area (Å²) >= 11 is 5.90. The predicted octanol–water partition coefficient (Wildman–Crippen LogP) is 4.51. The average molecular weight is 286 g/mol. The molecule has 0 fully saturated rings. The topological polar surface area (TPSA) is 21.3 Å². The Hall–Kier alpha value is -1.77. The third-order valence-corrected chi connectivity index (χ3v) is 3.59. The molecule has 0 spiro atoms. The van der Waals surface area contributed by atoms with Crippen LogP contribution >= 0.6 is 11.6 Å². The minimum Gasteiger partial charge on any atom is -0.457 e. The average Bonchev–Trinajstić information content (AvgIpc) is 2.51.